The summed E-state index contributed by atoms with van der Waals surface area (Å²) in [4.78, 5) is 0. The highest BCUT2D eigenvalue weighted by molar-refractivity contribution is 6.23. The molecule has 0 saturated heterocycles. The Balaban J connectivity index is 1.03. The highest BCUT2D eigenvalue weighted by Gasteiger charge is 2.36. The molecule has 0 bridgehead atoms. The van der Waals surface area contributed by atoms with Gasteiger partial charge in [-0.05, 0) is 174 Å². The molecule has 12 aromatic carbocycles. The molecule has 0 saturated carbocycles. The molecule has 0 atom stereocenters. The van der Waals surface area contributed by atoms with Crippen molar-refractivity contribution in [2.45, 2.75) is 38.5 Å². The Kier molecular flexibility index (Phi) is 9.39. The van der Waals surface area contributed by atoms with Crippen LogP contribution in [0.1, 0.15) is 49.9 Å². The molecule has 0 N–H and O–H groups in total. The SMILES string of the molecule is CC1(C)c2ccccc2-c2cc(-c3ccc4c(-c5ccc(-c6cccc7ccccc67)cc5)c5cc(-c6ccc7c(c6)C(C)(C)c6ccccc6-7)ccc5c(-c5cccc(-c6ccccc6)c5)c4c3)ccc21. The molecular weight excluding hydrogens is 865 g/mol. The summed E-state index contributed by atoms with van der Waals surface area (Å²) in [6, 6.07) is 91.5. The molecule has 2 aliphatic carbocycles. The average Bonchev–Trinajstić information content (AvgIpc) is 3.81. The van der Waals surface area contributed by atoms with Crippen molar-refractivity contribution in [2.24, 2.45) is 0 Å². The summed E-state index contributed by atoms with van der Waals surface area (Å²) < 4.78 is 0. The average molecular weight is 917 g/mol. The molecular formula is C72H52. The minimum absolute atomic E-state index is 0.0540. The first-order valence-electron chi connectivity index (χ1n) is 25.5. The first kappa shape index (κ1) is 42.3. The van der Waals surface area contributed by atoms with E-state index in [0.29, 0.717) is 0 Å². The van der Waals surface area contributed by atoms with E-state index in [-0.39, 0.29) is 10.8 Å². The normalized spacial score (nSPS) is 13.8. The van der Waals surface area contributed by atoms with E-state index in [0.717, 1.165) is 0 Å². The van der Waals surface area contributed by atoms with Gasteiger partial charge >= 0.3 is 0 Å². The highest BCUT2D eigenvalue weighted by atomic mass is 14.4. The smallest absolute Gasteiger partial charge is 0.0159 e. The Morgan fingerprint density at radius 1 is 0.208 bits per heavy atom. The molecule has 0 fully saturated rings. The van der Waals surface area contributed by atoms with Crippen molar-refractivity contribution in [3.8, 4) is 89.0 Å². The summed E-state index contributed by atoms with van der Waals surface area (Å²) in [5, 5.41) is 7.47. The maximum atomic E-state index is 2.48. The molecule has 0 heteroatoms. The second-order valence-corrected chi connectivity index (χ2v) is 21.2. The van der Waals surface area contributed by atoms with Crippen molar-refractivity contribution in [3.63, 3.8) is 0 Å². The summed E-state index contributed by atoms with van der Waals surface area (Å²) >= 11 is 0. The number of hydrogen-bond donors (Lipinski definition) is 0. The number of fused-ring (bicyclic) bond motifs is 9. The highest BCUT2D eigenvalue weighted by Crippen LogP contribution is 2.53. The quantitative estimate of drug-likeness (QED) is 0.146. The second kappa shape index (κ2) is 16.0. The predicted molar refractivity (Wildman–Crippen MR) is 307 cm³/mol. The lowest BCUT2D eigenvalue weighted by Gasteiger charge is -2.22. The van der Waals surface area contributed by atoms with Gasteiger partial charge in [0.15, 0.2) is 0 Å². The molecule has 0 aliphatic heterocycles. The van der Waals surface area contributed by atoms with Gasteiger partial charge in [0.2, 0.25) is 0 Å². The van der Waals surface area contributed by atoms with Crippen molar-refractivity contribution in [2.75, 3.05) is 0 Å². The fraction of sp³-hybridized carbons (Fsp3) is 0.0833. The van der Waals surface area contributed by atoms with E-state index in [4.69, 9.17) is 0 Å². The van der Waals surface area contributed by atoms with Crippen LogP contribution < -0.4 is 0 Å². The first-order chi connectivity index (χ1) is 35.2. The summed E-state index contributed by atoms with van der Waals surface area (Å²) in [6.07, 6.45) is 0. The van der Waals surface area contributed by atoms with Crippen LogP contribution in [0.2, 0.25) is 0 Å². The van der Waals surface area contributed by atoms with Crippen LogP contribution in [0.5, 0.6) is 0 Å². The van der Waals surface area contributed by atoms with E-state index in [1.54, 1.807) is 0 Å². The van der Waals surface area contributed by atoms with Crippen molar-refractivity contribution >= 4 is 32.3 Å². The third-order valence-electron chi connectivity index (χ3n) is 16.5. The molecule has 0 aromatic heterocycles. The van der Waals surface area contributed by atoms with E-state index >= 15 is 0 Å². The fourth-order valence-electron chi connectivity index (χ4n) is 12.8. The Morgan fingerprint density at radius 2 is 0.653 bits per heavy atom. The molecule has 14 rings (SSSR count). The van der Waals surface area contributed by atoms with Crippen LogP contribution in [0.4, 0.5) is 0 Å². The van der Waals surface area contributed by atoms with Gasteiger partial charge in [-0.2, -0.15) is 0 Å². The second-order valence-electron chi connectivity index (χ2n) is 21.2. The van der Waals surface area contributed by atoms with E-state index in [2.05, 4.69) is 270 Å². The van der Waals surface area contributed by atoms with Gasteiger partial charge in [-0.1, -0.05) is 240 Å². The third kappa shape index (κ3) is 6.45. The Hall–Kier alpha value is -8.58. The van der Waals surface area contributed by atoms with Crippen molar-refractivity contribution in [3.05, 3.63) is 265 Å². The van der Waals surface area contributed by atoms with Gasteiger partial charge in [-0.15, -0.1) is 0 Å². The minimum atomic E-state index is -0.0982. The molecule has 0 amide bonds. The molecule has 0 unspecified atom stereocenters. The van der Waals surface area contributed by atoms with Crippen LogP contribution in [-0.2, 0) is 10.8 Å². The van der Waals surface area contributed by atoms with E-state index in [1.807, 2.05) is 0 Å². The van der Waals surface area contributed by atoms with Crippen molar-refractivity contribution in [1.29, 1.82) is 0 Å². The van der Waals surface area contributed by atoms with Crippen LogP contribution in [0.3, 0.4) is 0 Å². The van der Waals surface area contributed by atoms with Gasteiger partial charge < -0.3 is 0 Å². The monoisotopic (exact) mass is 916 g/mol. The molecule has 0 nitrogen and oxygen atoms in total. The maximum Gasteiger partial charge on any atom is 0.0159 e. The summed E-state index contributed by atoms with van der Waals surface area (Å²) in [5.74, 6) is 0. The number of rotatable bonds is 6. The Morgan fingerprint density at radius 3 is 1.39 bits per heavy atom. The minimum Gasteiger partial charge on any atom is -0.0622 e. The standard InChI is InChI=1S/C72H52/c1-71(2)66-27-13-11-24-58(66)62-41-52(35-39-67(62)71)50-33-37-60-64(42-50)70(54-21-14-20-49(40-54)45-16-6-5-7-17-45)61-38-34-51(53-32-36-59-57-23-10-12-26-65(57)72(3,4)68(59)44-53)43-63(61)69(60)48-30-28-47(29-31-48)56-25-15-19-46-18-8-9-22-55(46)56/h5-44H,1-4H3. The lowest BCUT2D eigenvalue weighted by atomic mass is 9.81. The zero-order chi connectivity index (χ0) is 48.3. The van der Waals surface area contributed by atoms with Crippen LogP contribution in [0.15, 0.2) is 243 Å². The van der Waals surface area contributed by atoms with Crippen LogP contribution in [0, 0.1) is 0 Å². The molecule has 72 heavy (non-hydrogen) atoms. The molecule has 0 spiro atoms. The zero-order valence-electron chi connectivity index (χ0n) is 41.1. The third-order valence-corrected chi connectivity index (χ3v) is 16.5. The lowest BCUT2D eigenvalue weighted by molar-refractivity contribution is 0.660. The van der Waals surface area contributed by atoms with Crippen LogP contribution in [0.25, 0.3) is 121 Å². The maximum absolute atomic E-state index is 2.48. The van der Waals surface area contributed by atoms with E-state index < -0.39 is 0 Å². The molecule has 2 aliphatic rings. The number of hydrogen-bond acceptors (Lipinski definition) is 0. The summed E-state index contributed by atoms with van der Waals surface area (Å²) in [7, 11) is 0. The van der Waals surface area contributed by atoms with Crippen molar-refractivity contribution < 1.29 is 0 Å². The molecule has 340 valence electrons. The topological polar surface area (TPSA) is 0 Å². The fourth-order valence-corrected chi connectivity index (χ4v) is 12.8. The van der Waals surface area contributed by atoms with Gasteiger partial charge in [0.1, 0.15) is 0 Å². The summed E-state index contributed by atoms with van der Waals surface area (Å²) in [6.45, 7) is 9.47. The largest absolute Gasteiger partial charge is 0.0622 e. The Bertz CT molecular complexity index is 4180. The molecule has 0 radical (unpaired) electrons. The van der Waals surface area contributed by atoms with Gasteiger partial charge in [-0.25, -0.2) is 0 Å². The van der Waals surface area contributed by atoms with Gasteiger partial charge in [0.25, 0.3) is 0 Å². The molecule has 12 aromatic rings. The van der Waals surface area contributed by atoms with Gasteiger partial charge in [0, 0.05) is 10.8 Å². The molecule has 0 heterocycles. The lowest BCUT2D eigenvalue weighted by Crippen LogP contribution is -2.14. The summed E-state index contributed by atoms with van der Waals surface area (Å²) in [5.41, 5.74) is 25.4. The first-order valence-corrected chi connectivity index (χ1v) is 25.5. The Labute approximate surface area is 422 Å². The van der Waals surface area contributed by atoms with E-state index in [9.17, 15) is 0 Å². The van der Waals surface area contributed by atoms with Gasteiger partial charge in [0.05, 0.1) is 0 Å². The zero-order valence-corrected chi connectivity index (χ0v) is 41.1. The van der Waals surface area contributed by atoms with Crippen LogP contribution >= 0.6 is 0 Å². The predicted octanol–water partition coefficient (Wildman–Crippen LogP) is 19.8. The number of benzene rings is 12. The van der Waals surface area contributed by atoms with Crippen molar-refractivity contribution in [1.82, 2.24) is 0 Å². The van der Waals surface area contributed by atoms with E-state index in [1.165, 1.54) is 144 Å². The van der Waals surface area contributed by atoms with Gasteiger partial charge in [-0.3, -0.25) is 0 Å². The van der Waals surface area contributed by atoms with Crippen LogP contribution in [-0.4, -0.2) is 0 Å².